The van der Waals surface area contributed by atoms with Crippen LogP contribution in [0.1, 0.15) is 24.0 Å². The number of aryl methyl sites for hydroxylation is 1. The van der Waals surface area contributed by atoms with E-state index in [4.69, 9.17) is 5.73 Å². The molecular formula is C21H21N5. The van der Waals surface area contributed by atoms with Crippen molar-refractivity contribution in [2.75, 3.05) is 19.6 Å². The average Bonchev–Trinajstić information content (AvgIpc) is 2.66. The molecule has 0 spiro atoms. The van der Waals surface area contributed by atoms with Gasteiger partial charge in [-0.3, -0.25) is 4.90 Å². The Hall–Kier alpha value is -3.07. The molecule has 26 heavy (non-hydrogen) atoms. The number of rotatable bonds is 2. The summed E-state index contributed by atoms with van der Waals surface area (Å²) in [5.41, 5.74) is 7.99. The second-order valence-corrected chi connectivity index (χ2v) is 6.94. The van der Waals surface area contributed by atoms with Crippen molar-refractivity contribution in [1.29, 1.82) is 15.8 Å². The predicted octanol–water partition coefficient (Wildman–Crippen LogP) is 2.74. The highest BCUT2D eigenvalue weighted by molar-refractivity contribution is 5.59. The Kier molecular flexibility index (Phi) is 4.56. The first-order valence-electron chi connectivity index (χ1n) is 8.74. The van der Waals surface area contributed by atoms with Gasteiger partial charge in [0.15, 0.2) is 5.41 Å². The SMILES string of the molecule is CCN1CC=C2C(C#N)=C(N)C(C#N)(C#N)[C@@H](c3cccc(C)c3)[C@@H]2C1. The Labute approximate surface area is 154 Å². The Morgan fingerprint density at radius 3 is 2.58 bits per heavy atom. The molecule has 0 saturated carbocycles. The van der Waals surface area contributed by atoms with Crippen LogP contribution in [0.25, 0.3) is 0 Å². The molecule has 2 atom stereocenters. The van der Waals surface area contributed by atoms with Crippen molar-refractivity contribution < 1.29 is 0 Å². The summed E-state index contributed by atoms with van der Waals surface area (Å²) in [6.07, 6.45) is 2.03. The summed E-state index contributed by atoms with van der Waals surface area (Å²) in [6, 6.07) is 14.4. The minimum absolute atomic E-state index is 0.0870. The first-order valence-corrected chi connectivity index (χ1v) is 8.74. The van der Waals surface area contributed by atoms with Crippen LogP contribution in [0.2, 0.25) is 0 Å². The Morgan fingerprint density at radius 1 is 1.27 bits per heavy atom. The normalized spacial score (nSPS) is 24.7. The summed E-state index contributed by atoms with van der Waals surface area (Å²) in [5.74, 6) is -0.526. The fraction of sp³-hybridized carbons (Fsp3) is 0.381. The molecule has 2 N–H and O–H groups in total. The lowest BCUT2D eigenvalue weighted by atomic mass is 9.58. The molecule has 5 nitrogen and oxygen atoms in total. The maximum atomic E-state index is 10.0. The lowest BCUT2D eigenvalue weighted by Gasteiger charge is -2.45. The summed E-state index contributed by atoms with van der Waals surface area (Å²) in [7, 11) is 0. The van der Waals surface area contributed by atoms with Gasteiger partial charge < -0.3 is 5.73 Å². The fourth-order valence-electron chi connectivity index (χ4n) is 4.24. The smallest absolute Gasteiger partial charge is 0.191 e. The molecule has 1 aliphatic heterocycles. The summed E-state index contributed by atoms with van der Waals surface area (Å²) in [4.78, 5) is 2.26. The zero-order valence-corrected chi connectivity index (χ0v) is 15.0. The number of hydrogen-bond donors (Lipinski definition) is 1. The van der Waals surface area contributed by atoms with Crippen LogP contribution in [0, 0.1) is 52.2 Å². The van der Waals surface area contributed by atoms with E-state index in [1.807, 2.05) is 37.3 Å². The lowest BCUT2D eigenvalue weighted by molar-refractivity contribution is 0.214. The Bertz CT molecular complexity index is 905. The van der Waals surface area contributed by atoms with Crippen LogP contribution in [0.4, 0.5) is 0 Å². The van der Waals surface area contributed by atoms with Crippen LogP contribution in [-0.2, 0) is 0 Å². The van der Waals surface area contributed by atoms with Gasteiger partial charge in [-0.1, -0.05) is 42.8 Å². The lowest BCUT2D eigenvalue weighted by Crippen LogP contribution is -2.48. The van der Waals surface area contributed by atoms with Crippen molar-refractivity contribution in [3.05, 3.63) is 58.3 Å². The van der Waals surface area contributed by atoms with Gasteiger partial charge in [-0.2, -0.15) is 15.8 Å². The van der Waals surface area contributed by atoms with Crippen molar-refractivity contribution in [2.45, 2.75) is 19.8 Å². The minimum atomic E-state index is -1.54. The van der Waals surface area contributed by atoms with Gasteiger partial charge in [0.2, 0.25) is 0 Å². The summed E-state index contributed by atoms with van der Waals surface area (Å²) in [5, 5.41) is 29.7. The van der Waals surface area contributed by atoms with E-state index in [0.29, 0.717) is 12.1 Å². The number of hydrogen-bond acceptors (Lipinski definition) is 5. The van der Waals surface area contributed by atoms with E-state index in [1.165, 1.54) is 0 Å². The van der Waals surface area contributed by atoms with Crippen LogP contribution in [-0.4, -0.2) is 24.5 Å². The van der Waals surface area contributed by atoms with Gasteiger partial charge in [0.25, 0.3) is 0 Å². The second kappa shape index (κ2) is 6.68. The van der Waals surface area contributed by atoms with E-state index in [9.17, 15) is 15.8 Å². The molecule has 1 aromatic carbocycles. The third-order valence-electron chi connectivity index (χ3n) is 5.59. The number of benzene rings is 1. The number of likely N-dealkylation sites (N-methyl/N-ethyl adjacent to an activating group) is 1. The molecule has 1 heterocycles. The van der Waals surface area contributed by atoms with E-state index >= 15 is 0 Å². The minimum Gasteiger partial charge on any atom is -0.399 e. The van der Waals surface area contributed by atoms with Gasteiger partial charge in [0.05, 0.1) is 23.4 Å². The third kappa shape index (κ3) is 2.48. The van der Waals surface area contributed by atoms with Crippen LogP contribution >= 0.6 is 0 Å². The molecule has 2 aliphatic rings. The summed E-state index contributed by atoms with van der Waals surface area (Å²) >= 11 is 0. The van der Waals surface area contributed by atoms with Crippen molar-refractivity contribution in [3.63, 3.8) is 0 Å². The molecule has 5 heteroatoms. The topological polar surface area (TPSA) is 101 Å². The zero-order chi connectivity index (χ0) is 18.9. The number of allylic oxidation sites excluding steroid dienone is 2. The molecule has 0 bridgehead atoms. The quantitative estimate of drug-likeness (QED) is 0.890. The Balaban J connectivity index is 2.32. The predicted molar refractivity (Wildman–Crippen MR) is 98.1 cm³/mol. The first kappa shape index (κ1) is 17.7. The maximum absolute atomic E-state index is 10.0. The van der Waals surface area contributed by atoms with Crippen molar-refractivity contribution >= 4 is 0 Å². The van der Waals surface area contributed by atoms with Crippen molar-refractivity contribution in [2.24, 2.45) is 17.1 Å². The highest BCUT2D eigenvalue weighted by atomic mass is 15.1. The first-order chi connectivity index (χ1) is 12.5. The number of nitriles is 3. The van der Waals surface area contributed by atoms with E-state index < -0.39 is 11.3 Å². The summed E-state index contributed by atoms with van der Waals surface area (Å²) in [6.45, 7) is 6.38. The van der Waals surface area contributed by atoms with Crippen LogP contribution in [0.15, 0.2) is 47.2 Å². The molecule has 0 fully saturated rings. The summed E-state index contributed by atoms with van der Waals surface area (Å²) < 4.78 is 0. The molecule has 0 saturated heterocycles. The fourth-order valence-corrected chi connectivity index (χ4v) is 4.24. The third-order valence-corrected chi connectivity index (χ3v) is 5.59. The molecule has 1 aromatic rings. The molecule has 0 amide bonds. The van der Waals surface area contributed by atoms with E-state index in [-0.39, 0.29) is 11.6 Å². The average molecular weight is 343 g/mol. The van der Waals surface area contributed by atoms with Gasteiger partial charge in [-0.05, 0) is 24.6 Å². The van der Waals surface area contributed by atoms with Crippen LogP contribution < -0.4 is 5.73 Å². The molecule has 3 rings (SSSR count). The highest BCUT2D eigenvalue weighted by Gasteiger charge is 2.54. The Morgan fingerprint density at radius 2 is 2.00 bits per heavy atom. The molecule has 1 aliphatic carbocycles. The molecule has 0 unspecified atom stereocenters. The van der Waals surface area contributed by atoms with Crippen molar-refractivity contribution in [1.82, 2.24) is 4.90 Å². The van der Waals surface area contributed by atoms with E-state index in [2.05, 4.69) is 30.0 Å². The van der Waals surface area contributed by atoms with Gasteiger partial charge in [0, 0.05) is 24.9 Å². The van der Waals surface area contributed by atoms with E-state index in [1.54, 1.807) is 0 Å². The largest absolute Gasteiger partial charge is 0.399 e. The number of nitrogens with two attached hydrogens (primary N) is 1. The standard InChI is InChI=1S/C21H21N5/c1-3-26-8-7-16-17(10-22)20(25)21(12-23,13-24)19(18(16)11-26)15-6-4-5-14(2)9-15/h4-7,9,18-19H,3,8,11,25H2,1-2H3/t18-,19+/m1/s1. The number of nitrogens with zero attached hydrogens (tertiary/aromatic N) is 4. The molecular weight excluding hydrogens is 322 g/mol. The number of fused-ring (bicyclic) bond motifs is 1. The van der Waals surface area contributed by atoms with Gasteiger partial charge in [-0.25, -0.2) is 0 Å². The highest BCUT2D eigenvalue weighted by Crippen LogP contribution is 2.54. The zero-order valence-electron chi connectivity index (χ0n) is 15.0. The van der Waals surface area contributed by atoms with E-state index in [0.717, 1.165) is 29.8 Å². The van der Waals surface area contributed by atoms with Gasteiger partial charge >= 0.3 is 0 Å². The molecule has 0 aromatic heterocycles. The van der Waals surface area contributed by atoms with Gasteiger partial charge in [0.1, 0.15) is 6.07 Å². The maximum Gasteiger partial charge on any atom is 0.191 e. The van der Waals surface area contributed by atoms with Crippen LogP contribution in [0.5, 0.6) is 0 Å². The molecule has 130 valence electrons. The molecule has 0 radical (unpaired) electrons. The monoisotopic (exact) mass is 343 g/mol. The van der Waals surface area contributed by atoms with Crippen molar-refractivity contribution in [3.8, 4) is 18.2 Å². The van der Waals surface area contributed by atoms with Gasteiger partial charge in [-0.15, -0.1) is 0 Å². The van der Waals surface area contributed by atoms with Crippen LogP contribution in [0.3, 0.4) is 0 Å². The second-order valence-electron chi connectivity index (χ2n) is 6.94.